The number of hydrogen-bond donors (Lipinski definition) is 3. The highest BCUT2D eigenvalue weighted by Gasteiger charge is 2.19. The molecule has 6 nitrogen and oxygen atoms in total. The molecule has 5 aromatic rings. The molecule has 1 amide bonds. The summed E-state index contributed by atoms with van der Waals surface area (Å²) in [7, 11) is 0. The lowest BCUT2D eigenvalue weighted by atomic mass is 10.0. The number of carbonyl (C=O) groups is 1. The second-order valence-corrected chi connectivity index (χ2v) is 8.47. The number of aromatic nitrogens is 2. The van der Waals surface area contributed by atoms with Gasteiger partial charge in [-0.25, -0.2) is 4.98 Å². The van der Waals surface area contributed by atoms with Gasteiger partial charge in [0.2, 0.25) is 5.91 Å². The highest BCUT2D eigenvalue weighted by molar-refractivity contribution is 7.17. The summed E-state index contributed by atoms with van der Waals surface area (Å²) in [5.74, 6) is 0.00914. The predicted molar refractivity (Wildman–Crippen MR) is 131 cm³/mol. The number of nitrogens with one attached hydrogen (secondary N) is 1. The van der Waals surface area contributed by atoms with Crippen molar-refractivity contribution in [3.63, 3.8) is 0 Å². The third-order valence-corrected chi connectivity index (χ3v) is 6.20. The van der Waals surface area contributed by atoms with Gasteiger partial charge in [-0.3, -0.25) is 9.78 Å². The Hall–Kier alpha value is -4.23. The summed E-state index contributed by atoms with van der Waals surface area (Å²) in [6.07, 6.45) is 1.65. The summed E-state index contributed by atoms with van der Waals surface area (Å²) in [4.78, 5) is 21.5. The lowest BCUT2D eigenvalue weighted by Gasteiger charge is -2.14. The molecule has 7 heteroatoms. The Morgan fingerprint density at radius 2 is 1.67 bits per heavy atom. The van der Waals surface area contributed by atoms with Crippen LogP contribution in [0.15, 0.2) is 78.3 Å². The highest BCUT2D eigenvalue weighted by atomic mass is 32.1. The Morgan fingerprint density at radius 1 is 0.909 bits per heavy atom. The zero-order valence-corrected chi connectivity index (χ0v) is 18.4. The van der Waals surface area contributed by atoms with Gasteiger partial charge in [-0.05, 0) is 48.5 Å². The van der Waals surface area contributed by atoms with Crippen LogP contribution in [0.3, 0.4) is 0 Å². The second kappa shape index (κ2) is 8.37. The Bertz CT molecular complexity index is 1490. The van der Waals surface area contributed by atoms with Gasteiger partial charge in [-0.1, -0.05) is 18.2 Å². The number of phenolic OH excluding ortho intramolecular Hbond substituents is 2. The number of fused-ring (bicyclic) bond motifs is 1. The van der Waals surface area contributed by atoms with Gasteiger partial charge in [0.05, 0.1) is 29.0 Å². The number of thiophene rings is 1. The van der Waals surface area contributed by atoms with E-state index in [9.17, 15) is 15.0 Å². The van der Waals surface area contributed by atoms with Gasteiger partial charge in [-0.15, -0.1) is 11.3 Å². The van der Waals surface area contributed by atoms with Crippen molar-refractivity contribution in [2.45, 2.75) is 6.92 Å². The first-order valence-corrected chi connectivity index (χ1v) is 11.1. The van der Waals surface area contributed by atoms with Crippen molar-refractivity contribution >= 4 is 33.0 Å². The number of rotatable bonds is 4. The Morgan fingerprint density at radius 3 is 2.45 bits per heavy atom. The minimum Gasteiger partial charge on any atom is -0.508 e. The van der Waals surface area contributed by atoms with E-state index >= 15 is 0 Å². The molecule has 0 aliphatic rings. The van der Waals surface area contributed by atoms with Crippen molar-refractivity contribution in [1.29, 1.82) is 0 Å². The maximum Gasteiger partial charge on any atom is 0.221 e. The van der Waals surface area contributed by atoms with Crippen LogP contribution in [0.25, 0.3) is 43.9 Å². The molecular weight excluding hydrogens is 434 g/mol. The fraction of sp³-hybridized carbons (Fsp3) is 0.0385. The summed E-state index contributed by atoms with van der Waals surface area (Å²) in [6.45, 7) is 1.43. The average molecular weight is 454 g/mol. The average Bonchev–Trinajstić information content (AvgIpc) is 3.24. The number of phenols is 2. The molecule has 2 heterocycles. The molecule has 0 atom stereocenters. The molecule has 3 aromatic carbocycles. The van der Waals surface area contributed by atoms with Crippen LogP contribution in [-0.4, -0.2) is 26.1 Å². The largest absolute Gasteiger partial charge is 0.508 e. The van der Waals surface area contributed by atoms with Crippen LogP contribution in [0.1, 0.15) is 6.92 Å². The van der Waals surface area contributed by atoms with Gasteiger partial charge in [0.25, 0.3) is 0 Å². The fourth-order valence-corrected chi connectivity index (χ4v) is 4.68. The maximum absolute atomic E-state index is 11.8. The van der Waals surface area contributed by atoms with Gasteiger partial charge in [0, 0.05) is 39.1 Å². The van der Waals surface area contributed by atoms with Gasteiger partial charge >= 0.3 is 0 Å². The maximum atomic E-state index is 11.8. The van der Waals surface area contributed by atoms with E-state index in [2.05, 4.69) is 11.4 Å². The van der Waals surface area contributed by atoms with Gasteiger partial charge in [0.15, 0.2) is 0 Å². The molecule has 0 bridgehead atoms. The third-order valence-electron chi connectivity index (χ3n) is 5.24. The zero-order chi connectivity index (χ0) is 22.9. The van der Waals surface area contributed by atoms with Crippen molar-refractivity contribution in [2.24, 2.45) is 0 Å². The molecule has 0 aliphatic heterocycles. The lowest BCUT2D eigenvalue weighted by Crippen LogP contribution is -2.07. The fourth-order valence-electron chi connectivity index (χ4n) is 3.73. The molecule has 0 aliphatic carbocycles. The monoisotopic (exact) mass is 453 g/mol. The SMILES string of the molecule is CC(=O)Nc1ccc(O)cc1-c1ncc(-c2ccc(O)cc2)nc1-c1csc2ccccc12. The number of anilines is 1. The van der Waals surface area contributed by atoms with Crippen molar-refractivity contribution in [1.82, 2.24) is 9.97 Å². The molecule has 3 N–H and O–H groups in total. The van der Waals surface area contributed by atoms with Crippen LogP contribution in [0.2, 0.25) is 0 Å². The molecule has 0 saturated carbocycles. The van der Waals surface area contributed by atoms with Crippen molar-refractivity contribution in [2.75, 3.05) is 5.32 Å². The quantitative estimate of drug-likeness (QED) is 0.287. The Kier molecular flexibility index (Phi) is 5.24. The summed E-state index contributed by atoms with van der Waals surface area (Å²) in [6, 6.07) is 19.6. The minimum absolute atomic E-state index is 0.0599. The topological polar surface area (TPSA) is 95.3 Å². The molecule has 0 radical (unpaired) electrons. The van der Waals surface area contributed by atoms with E-state index in [1.54, 1.807) is 53.9 Å². The number of aromatic hydroxyl groups is 2. The van der Waals surface area contributed by atoms with Crippen LogP contribution in [0.4, 0.5) is 5.69 Å². The minimum atomic E-state index is -0.224. The van der Waals surface area contributed by atoms with Crippen molar-refractivity contribution in [3.8, 4) is 45.3 Å². The molecule has 162 valence electrons. The molecular formula is C26H19N3O3S. The number of benzene rings is 3. The zero-order valence-electron chi connectivity index (χ0n) is 17.6. The van der Waals surface area contributed by atoms with E-state index in [-0.39, 0.29) is 17.4 Å². The van der Waals surface area contributed by atoms with Crippen LogP contribution in [-0.2, 0) is 4.79 Å². The van der Waals surface area contributed by atoms with Crippen molar-refractivity contribution in [3.05, 3.63) is 78.3 Å². The van der Waals surface area contributed by atoms with Gasteiger partial charge in [0.1, 0.15) is 11.5 Å². The summed E-state index contributed by atoms with van der Waals surface area (Å²) in [5, 5.41) is 25.8. The van der Waals surface area contributed by atoms with E-state index in [1.807, 2.05) is 23.6 Å². The molecule has 0 unspecified atom stereocenters. The van der Waals surface area contributed by atoms with E-state index in [4.69, 9.17) is 9.97 Å². The molecule has 0 fully saturated rings. The van der Waals surface area contributed by atoms with Crippen LogP contribution in [0, 0.1) is 0 Å². The number of amides is 1. The van der Waals surface area contributed by atoms with E-state index < -0.39 is 0 Å². The number of hydrogen-bond acceptors (Lipinski definition) is 6. The third kappa shape index (κ3) is 4.02. The standard InChI is InChI=1S/C26H19N3O3S/c1-15(30)28-22-11-10-18(32)12-20(22)25-26(21-14-33-24-5-3-2-4-19(21)24)29-23(13-27-25)16-6-8-17(31)9-7-16/h2-14,31-32H,1H3,(H,28,30). The van der Waals surface area contributed by atoms with Gasteiger partial charge < -0.3 is 15.5 Å². The van der Waals surface area contributed by atoms with Crippen LogP contribution in [0.5, 0.6) is 11.5 Å². The summed E-state index contributed by atoms with van der Waals surface area (Å²) in [5.41, 5.74) is 4.65. The lowest BCUT2D eigenvalue weighted by molar-refractivity contribution is -0.114. The normalized spacial score (nSPS) is 10.9. The molecule has 2 aromatic heterocycles. The second-order valence-electron chi connectivity index (χ2n) is 7.56. The Labute approximate surface area is 193 Å². The number of nitrogens with zero attached hydrogens (tertiary/aromatic N) is 2. The highest BCUT2D eigenvalue weighted by Crippen LogP contribution is 2.41. The first-order chi connectivity index (χ1) is 16.0. The van der Waals surface area contributed by atoms with E-state index in [0.29, 0.717) is 28.3 Å². The smallest absolute Gasteiger partial charge is 0.221 e. The predicted octanol–water partition coefficient (Wildman–Crippen LogP) is 6.06. The van der Waals surface area contributed by atoms with Crippen LogP contribution < -0.4 is 5.32 Å². The number of carbonyl (C=O) groups excluding carboxylic acids is 1. The molecule has 33 heavy (non-hydrogen) atoms. The van der Waals surface area contributed by atoms with E-state index in [0.717, 1.165) is 21.2 Å². The Balaban J connectivity index is 1.78. The molecule has 0 spiro atoms. The summed E-state index contributed by atoms with van der Waals surface area (Å²) < 4.78 is 1.12. The summed E-state index contributed by atoms with van der Waals surface area (Å²) >= 11 is 1.61. The molecule has 5 rings (SSSR count). The first-order valence-electron chi connectivity index (χ1n) is 10.2. The van der Waals surface area contributed by atoms with Gasteiger partial charge in [-0.2, -0.15) is 0 Å². The van der Waals surface area contributed by atoms with Crippen molar-refractivity contribution < 1.29 is 15.0 Å². The van der Waals surface area contributed by atoms with E-state index in [1.165, 1.54) is 13.0 Å². The first kappa shape index (κ1) is 20.7. The van der Waals surface area contributed by atoms with Crippen LogP contribution >= 0.6 is 11.3 Å². The molecule has 0 saturated heterocycles.